The first kappa shape index (κ1) is 23.5. The third-order valence-electron chi connectivity index (χ3n) is 2.26. The van der Waals surface area contributed by atoms with Crippen LogP contribution in [0.5, 0.6) is 0 Å². The highest BCUT2D eigenvalue weighted by atomic mass is 32.2. The summed E-state index contributed by atoms with van der Waals surface area (Å²) in [7, 11) is -2.50. The molecule has 0 bridgehead atoms. The van der Waals surface area contributed by atoms with Crippen molar-refractivity contribution in [2.75, 3.05) is 19.5 Å². The summed E-state index contributed by atoms with van der Waals surface area (Å²) in [4.78, 5) is 18.7. The standard InChI is InChI=1S/C9H10O6S2.C4H11N5/c1-14-15-16-7-2-4-8(5-3-7)17(12,13)6-9(10)11;1-3(5)8-2-9-4(6)7/h2-5H,6H2,1H3,(H,10,11);8H,1-2,5H2,(H4,6,7,9)/p-1. The predicted octanol–water partition coefficient (Wildman–Crippen LogP) is -1.97. The Balaban J connectivity index is 0.000000590. The van der Waals surface area contributed by atoms with Crippen molar-refractivity contribution in [1.82, 2.24) is 5.32 Å². The van der Waals surface area contributed by atoms with Crippen molar-refractivity contribution in [3.05, 3.63) is 36.7 Å². The zero-order chi connectivity index (χ0) is 20.2. The van der Waals surface area contributed by atoms with Gasteiger partial charge in [-0.25, -0.2) is 18.3 Å². The average molecular weight is 406 g/mol. The molecule has 1 aromatic rings. The lowest BCUT2D eigenvalue weighted by Crippen LogP contribution is -2.30. The van der Waals surface area contributed by atoms with Crippen molar-refractivity contribution < 1.29 is 27.5 Å². The molecule has 0 unspecified atom stereocenters. The number of aliphatic carboxylic acids is 1. The third-order valence-corrected chi connectivity index (χ3v) is 4.53. The molecule has 146 valence electrons. The van der Waals surface area contributed by atoms with Gasteiger partial charge < -0.3 is 32.4 Å². The number of carbonyl (C=O) groups is 1. The molecule has 0 aromatic heterocycles. The topological polar surface area (TPSA) is 195 Å². The van der Waals surface area contributed by atoms with Crippen LogP contribution in [0, 0.1) is 0 Å². The Morgan fingerprint density at radius 1 is 1.31 bits per heavy atom. The van der Waals surface area contributed by atoms with E-state index in [9.17, 15) is 18.3 Å². The molecular weight excluding hydrogens is 386 g/mol. The van der Waals surface area contributed by atoms with Gasteiger partial charge in [-0.05, 0) is 24.3 Å². The van der Waals surface area contributed by atoms with Crippen molar-refractivity contribution in [3.63, 3.8) is 0 Å². The maximum atomic E-state index is 11.5. The number of nitrogens with two attached hydrogens (primary N) is 3. The van der Waals surface area contributed by atoms with Crippen LogP contribution in [0.15, 0.2) is 51.4 Å². The van der Waals surface area contributed by atoms with Crippen LogP contribution in [0.4, 0.5) is 0 Å². The number of benzene rings is 1. The highest BCUT2D eigenvalue weighted by Crippen LogP contribution is 2.21. The molecule has 0 radical (unpaired) electrons. The molecule has 0 atom stereocenters. The number of aliphatic imine (C=N–C) groups is 1. The van der Waals surface area contributed by atoms with E-state index < -0.39 is 21.6 Å². The molecule has 0 amide bonds. The van der Waals surface area contributed by atoms with Gasteiger partial charge in [-0.15, -0.1) is 0 Å². The van der Waals surface area contributed by atoms with Crippen LogP contribution in [-0.4, -0.2) is 39.9 Å². The number of hydrogen-bond donors (Lipinski definition) is 4. The van der Waals surface area contributed by atoms with Crippen LogP contribution in [0.1, 0.15) is 0 Å². The van der Waals surface area contributed by atoms with Gasteiger partial charge in [0, 0.05) is 4.90 Å². The van der Waals surface area contributed by atoms with Gasteiger partial charge in [0.2, 0.25) is 0 Å². The molecule has 7 N–H and O–H groups in total. The third kappa shape index (κ3) is 11.1. The minimum Gasteiger partial charge on any atom is -0.549 e. The largest absolute Gasteiger partial charge is 0.549 e. The van der Waals surface area contributed by atoms with Crippen LogP contribution in [0.2, 0.25) is 0 Å². The first-order chi connectivity index (χ1) is 12.1. The number of carbonyl (C=O) groups excluding carboxylic acids is 1. The highest BCUT2D eigenvalue weighted by Gasteiger charge is 2.14. The Labute approximate surface area is 155 Å². The molecule has 1 aromatic carbocycles. The number of carboxylic acid groups (broad SMARTS) is 1. The van der Waals surface area contributed by atoms with E-state index in [0.29, 0.717) is 10.7 Å². The molecule has 0 fully saturated rings. The molecule has 0 saturated carbocycles. The van der Waals surface area contributed by atoms with Gasteiger partial charge in [0.25, 0.3) is 0 Å². The summed E-state index contributed by atoms with van der Waals surface area (Å²) in [5.74, 6) is -2.29. The van der Waals surface area contributed by atoms with E-state index in [0.717, 1.165) is 12.0 Å². The summed E-state index contributed by atoms with van der Waals surface area (Å²) >= 11 is 0.908. The number of rotatable bonds is 9. The lowest BCUT2D eigenvalue weighted by Gasteiger charge is -2.05. The minimum absolute atomic E-state index is 0.0313. The summed E-state index contributed by atoms with van der Waals surface area (Å²) in [6.45, 7) is 3.64. The molecule has 0 aliphatic heterocycles. The smallest absolute Gasteiger partial charge is 0.187 e. The van der Waals surface area contributed by atoms with E-state index in [1.807, 2.05) is 0 Å². The lowest BCUT2D eigenvalue weighted by atomic mass is 10.4. The van der Waals surface area contributed by atoms with Crippen molar-refractivity contribution in [2.24, 2.45) is 22.2 Å². The normalized spacial score (nSPS) is 10.2. The maximum Gasteiger partial charge on any atom is 0.187 e. The van der Waals surface area contributed by atoms with E-state index in [-0.39, 0.29) is 17.5 Å². The van der Waals surface area contributed by atoms with Gasteiger partial charge in [0.1, 0.15) is 6.67 Å². The first-order valence-corrected chi connectivity index (χ1v) is 9.11. The number of nitrogens with one attached hydrogen (secondary N) is 1. The Morgan fingerprint density at radius 2 is 1.88 bits per heavy atom. The average Bonchev–Trinajstić information content (AvgIpc) is 2.52. The van der Waals surface area contributed by atoms with Crippen molar-refractivity contribution in [3.8, 4) is 0 Å². The minimum atomic E-state index is -3.84. The van der Waals surface area contributed by atoms with E-state index in [4.69, 9.17) is 17.2 Å². The van der Waals surface area contributed by atoms with Gasteiger partial charge in [0.05, 0.1) is 41.6 Å². The molecule has 0 aliphatic carbocycles. The molecule has 0 saturated heterocycles. The van der Waals surface area contributed by atoms with E-state index in [1.54, 1.807) is 0 Å². The molecule has 13 heteroatoms. The van der Waals surface area contributed by atoms with Crippen molar-refractivity contribution >= 4 is 33.8 Å². The zero-order valence-electron chi connectivity index (χ0n) is 13.9. The molecule has 11 nitrogen and oxygen atoms in total. The van der Waals surface area contributed by atoms with E-state index >= 15 is 0 Å². The summed E-state index contributed by atoms with van der Waals surface area (Å²) in [5, 5.41) is 12.9. The van der Waals surface area contributed by atoms with Gasteiger partial charge in [-0.2, -0.15) is 4.33 Å². The molecule has 26 heavy (non-hydrogen) atoms. The molecule has 0 spiro atoms. The summed E-state index contributed by atoms with van der Waals surface area (Å²) < 4.78 is 27.5. The van der Waals surface area contributed by atoms with Gasteiger partial charge in [0.15, 0.2) is 15.8 Å². The molecular formula is C13H20N5O6S2-. The maximum absolute atomic E-state index is 11.5. The number of hydrogen-bond acceptors (Lipinski definition) is 10. The Morgan fingerprint density at radius 3 is 2.31 bits per heavy atom. The molecule has 0 heterocycles. The highest BCUT2D eigenvalue weighted by molar-refractivity contribution is 7.94. The fraction of sp³-hybridized carbons (Fsp3) is 0.231. The summed E-state index contributed by atoms with van der Waals surface area (Å²) in [5.41, 5.74) is 15.1. The predicted molar refractivity (Wildman–Crippen MR) is 94.6 cm³/mol. The number of guanidine groups is 1. The number of carboxylic acids is 1. The van der Waals surface area contributed by atoms with Crippen LogP contribution in [-0.2, 0) is 23.9 Å². The van der Waals surface area contributed by atoms with Gasteiger partial charge in [-0.3, -0.25) is 0 Å². The second-order valence-corrected chi connectivity index (χ2v) is 7.13. The lowest BCUT2D eigenvalue weighted by molar-refractivity contribution is -0.301. The van der Waals surface area contributed by atoms with Gasteiger partial charge in [-0.1, -0.05) is 6.58 Å². The SMILES string of the molecule is C=C(N)NCN=C(N)N.COOSc1ccc(S(=O)(=O)CC(=O)[O-])cc1. The summed E-state index contributed by atoms with van der Waals surface area (Å²) in [6.07, 6.45) is 0. The molecule has 0 aliphatic rings. The van der Waals surface area contributed by atoms with Crippen LogP contribution in [0.25, 0.3) is 0 Å². The van der Waals surface area contributed by atoms with Crippen molar-refractivity contribution in [1.29, 1.82) is 0 Å². The number of sulfone groups is 1. The quantitative estimate of drug-likeness (QED) is 0.117. The molecule has 1 rings (SSSR count). The fourth-order valence-corrected chi connectivity index (χ4v) is 2.67. The second-order valence-electron chi connectivity index (χ2n) is 4.36. The first-order valence-electron chi connectivity index (χ1n) is 6.72. The van der Waals surface area contributed by atoms with E-state index in [2.05, 4.69) is 26.1 Å². The van der Waals surface area contributed by atoms with Crippen LogP contribution in [0.3, 0.4) is 0 Å². The Kier molecular flexibility index (Phi) is 10.8. The number of nitrogens with zero attached hydrogens (tertiary/aromatic N) is 1. The monoisotopic (exact) mass is 406 g/mol. The van der Waals surface area contributed by atoms with Crippen molar-refractivity contribution in [2.45, 2.75) is 9.79 Å². The summed E-state index contributed by atoms with van der Waals surface area (Å²) in [6, 6.07) is 5.54. The van der Waals surface area contributed by atoms with Crippen LogP contribution < -0.4 is 27.6 Å². The second kappa shape index (κ2) is 12.0. The Hall–Kier alpha value is -2.48. The Bertz CT molecular complexity index is 717. The van der Waals surface area contributed by atoms with Crippen LogP contribution >= 0.6 is 12.0 Å². The van der Waals surface area contributed by atoms with Gasteiger partial charge >= 0.3 is 0 Å². The zero-order valence-corrected chi connectivity index (χ0v) is 15.5. The fourth-order valence-electron chi connectivity index (χ4n) is 1.25. The van der Waals surface area contributed by atoms with E-state index in [1.165, 1.54) is 31.4 Å².